The normalized spacial score (nSPS) is 11.7. The Morgan fingerprint density at radius 3 is 2.40 bits per heavy atom. The number of hydrogen-bond donors (Lipinski definition) is 1. The zero-order valence-electron chi connectivity index (χ0n) is 13.7. The van der Waals surface area contributed by atoms with Gasteiger partial charge in [-0.1, -0.05) is 30.3 Å². The van der Waals surface area contributed by atoms with Crippen molar-refractivity contribution in [1.29, 1.82) is 0 Å². The van der Waals surface area contributed by atoms with Crippen LogP contribution in [-0.4, -0.2) is 31.9 Å². The van der Waals surface area contributed by atoms with Crippen LogP contribution in [-0.2, 0) is 11.2 Å². The minimum atomic E-state index is -0.579. The van der Waals surface area contributed by atoms with Crippen LogP contribution in [0.3, 0.4) is 0 Å². The van der Waals surface area contributed by atoms with E-state index in [1.54, 1.807) is 24.3 Å². The number of aromatic nitrogens is 4. The first-order valence-corrected chi connectivity index (χ1v) is 7.82. The van der Waals surface area contributed by atoms with Crippen molar-refractivity contribution in [1.82, 2.24) is 20.2 Å². The average Bonchev–Trinajstić information content (AvgIpc) is 3.15. The number of Topliss-reactive ketones (excluding diaryl/α,β-unsaturated/α-hetero) is 1. The first-order valence-electron chi connectivity index (χ1n) is 7.82. The molecule has 0 unspecified atom stereocenters. The number of amides is 1. The molecule has 0 aliphatic carbocycles. The summed E-state index contributed by atoms with van der Waals surface area (Å²) in [5.74, 6) is -0.250. The molecule has 25 heavy (non-hydrogen) atoms. The summed E-state index contributed by atoms with van der Waals surface area (Å²) in [4.78, 5) is 24.1. The third-order valence-corrected chi connectivity index (χ3v) is 3.82. The molecular weight excluding hydrogens is 318 g/mol. The predicted octanol–water partition coefficient (Wildman–Crippen LogP) is 2.30. The fourth-order valence-corrected chi connectivity index (χ4v) is 2.47. The van der Waals surface area contributed by atoms with E-state index in [1.807, 2.05) is 30.3 Å². The van der Waals surface area contributed by atoms with Gasteiger partial charge in [-0.25, -0.2) is 4.68 Å². The Labute approximate surface area is 144 Å². The predicted molar refractivity (Wildman–Crippen MR) is 92.1 cm³/mol. The highest BCUT2D eigenvalue weighted by molar-refractivity contribution is 5.96. The monoisotopic (exact) mass is 335 g/mol. The molecule has 0 aliphatic rings. The van der Waals surface area contributed by atoms with E-state index in [0.29, 0.717) is 17.7 Å². The molecule has 0 radical (unpaired) electrons. The van der Waals surface area contributed by atoms with Crippen molar-refractivity contribution in [3.63, 3.8) is 0 Å². The molecule has 3 aromatic rings. The van der Waals surface area contributed by atoms with E-state index in [1.165, 1.54) is 17.9 Å². The number of tetrazole rings is 1. The molecular formula is C18H17N5O2. The van der Waals surface area contributed by atoms with Gasteiger partial charge < -0.3 is 5.32 Å². The van der Waals surface area contributed by atoms with E-state index in [-0.39, 0.29) is 11.7 Å². The molecule has 0 spiro atoms. The number of nitrogens with zero attached hydrogens (tertiary/aromatic N) is 4. The van der Waals surface area contributed by atoms with Crippen LogP contribution in [0, 0.1) is 0 Å². The highest BCUT2D eigenvalue weighted by Crippen LogP contribution is 2.17. The molecule has 1 amide bonds. The second-order valence-corrected chi connectivity index (χ2v) is 5.62. The minimum absolute atomic E-state index is 0.0199. The average molecular weight is 335 g/mol. The first-order chi connectivity index (χ1) is 12.1. The number of ketones is 1. The second kappa shape index (κ2) is 7.48. The summed E-state index contributed by atoms with van der Waals surface area (Å²) in [5.41, 5.74) is 2.21. The molecule has 0 aliphatic heterocycles. The topological polar surface area (TPSA) is 89.8 Å². The van der Waals surface area contributed by atoms with Crippen molar-refractivity contribution >= 4 is 17.4 Å². The molecule has 7 heteroatoms. The number of nitrogens with one attached hydrogen (secondary N) is 1. The Balaban J connectivity index is 1.78. The number of anilines is 1. The summed E-state index contributed by atoms with van der Waals surface area (Å²) in [6, 6.07) is 15.9. The molecule has 1 heterocycles. The van der Waals surface area contributed by atoms with Crippen LogP contribution >= 0.6 is 0 Å². The fraction of sp³-hybridized carbons (Fsp3) is 0.167. The van der Waals surface area contributed by atoms with Crippen LogP contribution in [0.4, 0.5) is 5.69 Å². The van der Waals surface area contributed by atoms with Crippen molar-refractivity contribution in [3.8, 4) is 0 Å². The van der Waals surface area contributed by atoms with Gasteiger partial charge in [0.15, 0.2) is 5.78 Å². The lowest BCUT2D eigenvalue weighted by Crippen LogP contribution is -2.28. The van der Waals surface area contributed by atoms with Crippen molar-refractivity contribution in [2.75, 3.05) is 5.32 Å². The van der Waals surface area contributed by atoms with Crippen LogP contribution in [0.25, 0.3) is 0 Å². The molecule has 2 aromatic carbocycles. The standard InChI is InChI=1S/C18H17N5O2/c1-13(24)15-7-9-16(10-8-15)20-18(25)17(23-12-19-21-22-23)11-14-5-3-2-4-6-14/h2-10,12,17H,11H2,1H3,(H,20,25)/t17-/m0/s1. The zero-order chi connectivity index (χ0) is 17.6. The minimum Gasteiger partial charge on any atom is -0.324 e. The second-order valence-electron chi connectivity index (χ2n) is 5.62. The maximum Gasteiger partial charge on any atom is 0.249 e. The van der Waals surface area contributed by atoms with Crippen molar-refractivity contribution < 1.29 is 9.59 Å². The molecule has 1 atom stereocenters. The maximum atomic E-state index is 12.7. The Morgan fingerprint density at radius 1 is 1.08 bits per heavy atom. The van der Waals surface area contributed by atoms with Crippen molar-refractivity contribution in [2.24, 2.45) is 0 Å². The molecule has 3 rings (SSSR count). The molecule has 126 valence electrons. The maximum absolute atomic E-state index is 12.7. The number of hydrogen-bond acceptors (Lipinski definition) is 5. The van der Waals surface area contributed by atoms with E-state index in [9.17, 15) is 9.59 Å². The van der Waals surface area contributed by atoms with Gasteiger partial charge in [-0.15, -0.1) is 5.10 Å². The van der Waals surface area contributed by atoms with Gasteiger partial charge in [0.05, 0.1) is 0 Å². The summed E-state index contributed by atoms with van der Waals surface area (Å²) in [6.45, 7) is 1.50. The van der Waals surface area contributed by atoms with Gasteiger partial charge >= 0.3 is 0 Å². The van der Waals surface area contributed by atoms with Crippen molar-refractivity contribution in [2.45, 2.75) is 19.4 Å². The number of carbonyl (C=O) groups excluding carboxylic acids is 2. The highest BCUT2D eigenvalue weighted by atomic mass is 16.2. The van der Waals surface area contributed by atoms with E-state index in [2.05, 4.69) is 20.8 Å². The van der Waals surface area contributed by atoms with Crippen LogP contribution < -0.4 is 5.32 Å². The summed E-state index contributed by atoms with van der Waals surface area (Å²) in [6.07, 6.45) is 1.88. The van der Waals surface area contributed by atoms with Crippen LogP contribution in [0.15, 0.2) is 60.9 Å². The summed E-state index contributed by atoms with van der Waals surface area (Å²) >= 11 is 0. The van der Waals surface area contributed by atoms with Crippen molar-refractivity contribution in [3.05, 3.63) is 72.1 Å². The lowest BCUT2D eigenvalue weighted by atomic mass is 10.1. The summed E-state index contributed by atoms with van der Waals surface area (Å²) in [5, 5.41) is 14.0. The molecule has 7 nitrogen and oxygen atoms in total. The molecule has 0 saturated heterocycles. The molecule has 1 N–H and O–H groups in total. The SMILES string of the molecule is CC(=O)c1ccc(NC(=O)[C@H](Cc2ccccc2)n2cnnn2)cc1. The van der Waals surface area contributed by atoms with Gasteiger partial charge in [-0.3, -0.25) is 9.59 Å². The molecule has 1 aromatic heterocycles. The Hall–Kier alpha value is -3.35. The smallest absolute Gasteiger partial charge is 0.249 e. The largest absolute Gasteiger partial charge is 0.324 e. The quantitative estimate of drug-likeness (QED) is 0.698. The third kappa shape index (κ3) is 4.14. The first kappa shape index (κ1) is 16.5. The molecule has 0 saturated carbocycles. The Bertz CT molecular complexity index is 845. The van der Waals surface area contributed by atoms with Crippen LogP contribution in [0.1, 0.15) is 28.9 Å². The van der Waals surface area contributed by atoms with E-state index >= 15 is 0 Å². The van der Waals surface area contributed by atoms with Crippen LogP contribution in [0.2, 0.25) is 0 Å². The number of rotatable bonds is 6. The summed E-state index contributed by atoms with van der Waals surface area (Å²) in [7, 11) is 0. The van der Waals surface area contributed by atoms with Gasteiger partial charge in [-0.05, 0) is 47.2 Å². The van der Waals surface area contributed by atoms with Gasteiger partial charge in [0.25, 0.3) is 0 Å². The van der Waals surface area contributed by atoms with E-state index in [0.717, 1.165) is 5.56 Å². The van der Waals surface area contributed by atoms with Crippen LogP contribution in [0.5, 0.6) is 0 Å². The number of carbonyl (C=O) groups is 2. The van der Waals surface area contributed by atoms with Gasteiger partial charge in [0, 0.05) is 17.7 Å². The van der Waals surface area contributed by atoms with Gasteiger partial charge in [-0.2, -0.15) is 0 Å². The molecule has 0 bridgehead atoms. The lowest BCUT2D eigenvalue weighted by Gasteiger charge is -2.16. The van der Waals surface area contributed by atoms with E-state index in [4.69, 9.17) is 0 Å². The van der Waals surface area contributed by atoms with E-state index < -0.39 is 6.04 Å². The molecule has 0 fully saturated rings. The third-order valence-electron chi connectivity index (χ3n) is 3.82. The zero-order valence-corrected chi connectivity index (χ0v) is 13.7. The fourth-order valence-electron chi connectivity index (χ4n) is 2.47. The van der Waals surface area contributed by atoms with Gasteiger partial charge in [0.1, 0.15) is 12.4 Å². The van der Waals surface area contributed by atoms with Gasteiger partial charge in [0.2, 0.25) is 5.91 Å². The lowest BCUT2D eigenvalue weighted by molar-refractivity contribution is -0.119. The highest BCUT2D eigenvalue weighted by Gasteiger charge is 2.22. The number of benzene rings is 2. The Kier molecular flexibility index (Phi) is 4.94. The summed E-state index contributed by atoms with van der Waals surface area (Å²) < 4.78 is 1.44. The Morgan fingerprint density at radius 2 is 1.80 bits per heavy atom.